The zero-order chi connectivity index (χ0) is 11.0. The Morgan fingerprint density at radius 3 is 2.71 bits per heavy atom. The van der Waals surface area contributed by atoms with Crippen molar-refractivity contribution >= 4 is 11.9 Å². The molecule has 0 rings (SSSR count). The van der Waals surface area contributed by atoms with Crippen molar-refractivity contribution in [2.75, 3.05) is 20.2 Å². The normalized spacial score (nSPS) is 9.57. The molecule has 0 aromatic heterocycles. The molecule has 14 heavy (non-hydrogen) atoms. The molecule has 0 aromatic carbocycles. The molecule has 0 amide bonds. The summed E-state index contributed by atoms with van der Waals surface area (Å²) in [5.41, 5.74) is 5.23. The van der Waals surface area contributed by atoms with Gasteiger partial charge < -0.3 is 15.4 Å². The largest absolute Gasteiger partial charge is 0.466 e. The maximum Gasteiger partial charge on any atom is 0.305 e. The minimum Gasteiger partial charge on any atom is -0.466 e. The minimum absolute atomic E-state index is 0.0203. The number of ether oxygens (including phenoxy) is 1. The third-order valence-electron chi connectivity index (χ3n) is 1.75. The van der Waals surface area contributed by atoms with Crippen molar-refractivity contribution in [3.05, 3.63) is 0 Å². The van der Waals surface area contributed by atoms with Gasteiger partial charge in [0, 0.05) is 20.0 Å². The zero-order valence-electron chi connectivity index (χ0n) is 8.88. The van der Waals surface area contributed by atoms with Gasteiger partial charge in [0.1, 0.15) is 0 Å². The zero-order valence-corrected chi connectivity index (χ0v) is 8.88. The van der Waals surface area contributed by atoms with Crippen LogP contribution in [0.2, 0.25) is 0 Å². The molecule has 0 aliphatic carbocycles. The maximum atomic E-state index is 11.0. The van der Waals surface area contributed by atoms with E-state index < -0.39 is 0 Å². The highest BCUT2D eigenvalue weighted by Gasteiger charge is 2.04. The van der Waals surface area contributed by atoms with Gasteiger partial charge in [0.15, 0.2) is 5.96 Å². The van der Waals surface area contributed by atoms with E-state index in [1.807, 2.05) is 6.92 Å². The number of carbonyl (C=O) groups is 1. The van der Waals surface area contributed by atoms with Crippen molar-refractivity contribution in [1.29, 1.82) is 5.41 Å². The first-order chi connectivity index (χ1) is 6.57. The van der Waals surface area contributed by atoms with Gasteiger partial charge in [-0.25, -0.2) is 0 Å². The summed E-state index contributed by atoms with van der Waals surface area (Å²) in [5.74, 6) is -0.157. The Balaban J connectivity index is 3.44. The first-order valence-corrected chi connectivity index (χ1v) is 4.78. The summed E-state index contributed by atoms with van der Waals surface area (Å²) in [6.07, 6.45) is 1.90. The molecule has 0 aromatic rings. The summed E-state index contributed by atoms with van der Waals surface area (Å²) in [5, 5.41) is 7.08. The number of guanidine groups is 1. The van der Waals surface area contributed by atoms with E-state index in [9.17, 15) is 4.79 Å². The van der Waals surface area contributed by atoms with Crippen molar-refractivity contribution in [3.8, 4) is 0 Å². The number of nitrogens with two attached hydrogens (primary N) is 1. The summed E-state index contributed by atoms with van der Waals surface area (Å²) < 4.78 is 4.89. The predicted octanol–water partition coefficient (Wildman–Crippen LogP) is 0.545. The molecular formula is C9H19N3O2. The van der Waals surface area contributed by atoms with Crippen molar-refractivity contribution in [2.24, 2.45) is 5.73 Å². The number of hydrogen-bond acceptors (Lipinski definition) is 3. The van der Waals surface area contributed by atoms with Gasteiger partial charge in [-0.1, -0.05) is 6.92 Å². The molecule has 5 heteroatoms. The lowest BCUT2D eigenvalue weighted by molar-refractivity contribution is -0.143. The monoisotopic (exact) mass is 201 g/mol. The molecular weight excluding hydrogens is 182 g/mol. The summed E-state index contributed by atoms with van der Waals surface area (Å²) in [7, 11) is 1.72. The van der Waals surface area contributed by atoms with E-state index in [1.54, 1.807) is 11.9 Å². The number of hydrogen-bond donors (Lipinski definition) is 2. The molecule has 0 aliphatic heterocycles. The third kappa shape index (κ3) is 6.28. The van der Waals surface area contributed by atoms with Crippen LogP contribution in [0.1, 0.15) is 26.2 Å². The maximum absolute atomic E-state index is 11.0. The lowest BCUT2D eigenvalue weighted by Gasteiger charge is -2.15. The van der Waals surface area contributed by atoms with E-state index in [0.29, 0.717) is 26.0 Å². The lowest BCUT2D eigenvalue weighted by Crippen LogP contribution is -2.33. The second-order valence-electron chi connectivity index (χ2n) is 3.13. The van der Waals surface area contributed by atoms with Crippen molar-refractivity contribution in [2.45, 2.75) is 26.2 Å². The average molecular weight is 201 g/mol. The van der Waals surface area contributed by atoms with Gasteiger partial charge in [-0.05, 0) is 12.8 Å². The summed E-state index contributed by atoms with van der Waals surface area (Å²) in [6, 6.07) is 0. The van der Waals surface area contributed by atoms with E-state index in [-0.39, 0.29) is 11.9 Å². The predicted molar refractivity (Wildman–Crippen MR) is 55.0 cm³/mol. The molecule has 0 heterocycles. The molecule has 0 fully saturated rings. The van der Waals surface area contributed by atoms with Gasteiger partial charge in [-0.15, -0.1) is 0 Å². The minimum atomic E-state index is -0.177. The summed E-state index contributed by atoms with van der Waals surface area (Å²) >= 11 is 0. The van der Waals surface area contributed by atoms with E-state index in [2.05, 4.69) is 0 Å². The van der Waals surface area contributed by atoms with E-state index in [0.717, 1.165) is 6.42 Å². The van der Waals surface area contributed by atoms with Crippen LogP contribution in [0.4, 0.5) is 0 Å². The number of rotatable bonds is 6. The second-order valence-corrected chi connectivity index (χ2v) is 3.13. The van der Waals surface area contributed by atoms with Crippen LogP contribution >= 0.6 is 0 Å². The molecule has 0 bridgehead atoms. The fourth-order valence-corrected chi connectivity index (χ4v) is 0.869. The van der Waals surface area contributed by atoms with Crippen molar-refractivity contribution < 1.29 is 9.53 Å². The fourth-order valence-electron chi connectivity index (χ4n) is 0.869. The van der Waals surface area contributed by atoms with Gasteiger partial charge >= 0.3 is 5.97 Å². The molecule has 0 saturated heterocycles. The Morgan fingerprint density at radius 1 is 1.57 bits per heavy atom. The number of carbonyl (C=O) groups excluding carboxylic acids is 1. The molecule has 0 aliphatic rings. The number of nitrogens with one attached hydrogen (secondary N) is 1. The highest BCUT2D eigenvalue weighted by molar-refractivity contribution is 5.74. The first kappa shape index (κ1) is 12.7. The Bertz CT molecular complexity index is 194. The lowest BCUT2D eigenvalue weighted by atomic mass is 10.3. The SMILES string of the molecule is CCCOC(=O)CCCN(C)C(=N)N. The van der Waals surface area contributed by atoms with Crippen molar-refractivity contribution in [1.82, 2.24) is 4.90 Å². The molecule has 0 atom stereocenters. The van der Waals surface area contributed by atoms with E-state index >= 15 is 0 Å². The van der Waals surface area contributed by atoms with Crippen molar-refractivity contribution in [3.63, 3.8) is 0 Å². The molecule has 5 nitrogen and oxygen atoms in total. The Morgan fingerprint density at radius 2 is 2.21 bits per heavy atom. The van der Waals surface area contributed by atoms with E-state index in [1.165, 1.54) is 0 Å². The summed E-state index contributed by atoms with van der Waals surface area (Å²) in [6.45, 7) is 3.05. The van der Waals surface area contributed by atoms with Gasteiger partial charge in [0.05, 0.1) is 6.61 Å². The topological polar surface area (TPSA) is 79.4 Å². The number of esters is 1. The highest BCUT2D eigenvalue weighted by atomic mass is 16.5. The van der Waals surface area contributed by atoms with Gasteiger partial charge in [0.2, 0.25) is 0 Å². The van der Waals surface area contributed by atoms with Crippen LogP contribution in [0.3, 0.4) is 0 Å². The summed E-state index contributed by atoms with van der Waals surface area (Å²) in [4.78, 5) is 12.6. The average Bonchev–Trinajstić information content (AvgIpc) is 2.14. The van der Waals surface area contributed by atoms with Crippen LogP contribution in [0.15, 0.2) is 0 Å². The smallest absolute Gasteiger partial charge is 0.305 e. The van der Waals surface area contributed by atoms with Gasteiger partial charge in [-0.2, -0.15) is 0 Å². The first-order valence-electron chi connectivity index (χ1n) is 4.78. The van der Waals surface area contributed by atoms with Gasteiger partial charge in [0.25, 0.3) is 0 Å². The molecule has 0 spiro atoms. The van der Waals surface area contributed by atoms with Crippen LogP contribution in [0, 0.1) is 5.41 Å². The standard InChI is InChI=1S/C9H19N3O2/c1-3-7-14-8(13)5-4-6-12(2)9(10)11/h3-7H2,1-2H3,(H3,10,11). The molecule has 0 saturated carbocycles. The van der Waals surface area contributed by atoms with Crippen LogP contribution in [-0.2, 0) is 9.53 Å². The highest BCUT2D eigenvalue weighted by Crippen LogP contribution is 1.95. The van der Waals surface area contributed by atoms with Crippen LogP contribution in [0.5, 0.6) is 0 Å². The van der Waals surface area contributed by atoms with Crippen LogP contribution in [0.25, 0.3) is 0 Å². The fraction of sp³-hybridized carbons (Fsp3) is 0.778. The van der Waals surface area contributed by atoms with Crippen LogP contribution in [-0.4, -0.2) is 37.0 Å². The molecule has 0 radical (unpaired) electrons. The van der Waals surface area contributed by atoms with Crippen LogP contribution < -0.4 is 5.73 Å². The Labute approximate surface area is 84.7 Å². The van der Waals surface area contributed by atoms with E-state index in [4.69, 9.17) is 15.9 Å². The molecule has 0 unspecified atom stereocenters. The third-order valence-corrected chi connectivity index (χ3v) is 1.75. The molecule has 82 valence electrons. The number of nitrogens with zero attached hydrogens (tertiary/aromatic N) is 1. The second kappa shape index (κ2) is 7.17. The molecule has 3 N–H and O–H groups in total. The Kier molecular flexibility index (Phi) is 6.53. The quantitative estimate of drug-likeness (QED) is 0.373. The van der Waals surface area contributed by atoms with Gasteiger partial charge in [-0.3, -0.25) is 10.2 Å². The Hall–Kier alpha value is -1.26.